The summed E-state index contributed by atoms with van der Waals surface area (Å²) in [7, 11) is 0. The molecule has 2 N–H and O–H groups in total. The Hall–Kier alpha value is -2.63. The van der Waals surface area contributed by atoms with Gasteiger partial charge in [-0.3, -0.25) is 14.3 Å². The van der Waals surface area contributed by atoms with E-state index < -0.39 is 12.0 Å². The molecule has 0 saturated carbocycles. The minimum absolute atomic E-state index is 0.0645. The molecule has 0 aliphatic carbocycles. The van der Waals surface area contributed by atoms with Crippen molar-refractivity contribution in [2.45, 2.75) is 25.9 Å². The van der Waals surface area contributed by atoms with Crippen molar-refractivity contribution in [1.82, 2.24) is 15.1 Å². The number of hydrogen-bond acceptors (Lipinski definition) is 3. The van der Waals surface area contributed by atoms with Crippen LogP contribution in [0.25, 0.3) is 0 Å². The highest BCUT2D eigenvalue weighted by molar-refractivity contribution is 5.77. The van der Waals surface area contributed by atoms with E-state index in [0.717, 1.165) is 11.1 Å². The van der Waals surface area contributed by atoms with Crippen LogP contribution in [0.15, 0.2) is 42.7 Å². The van der Waals surface area contributed by atoms with Crippen LogP contribution in [0.5, 0.6) is 0 Å². The van der Waals surface area contributed by atoms with Crippen LogP contribution in [-0.2, 0) is 16.1 Å². The van der Waals surface area contributed by atoms with Gasteiger partial charge in [-0.2, -0.15) is 5.10 Å². The Morgan fingerprint density at radius 3 is 2.71 bits per heavy atom. The fraction of sp³-hybridized carbons (Fsp3) is 0.267. The number of hydrogen-bond donors (Lipinski definition) is 2. The molecule has 6 nitrogen and oxygen atoms in total. The van der Waals surface area contributed by atoms with Crippen molar-refractivity contribution in [1.29, 1.82) is 0 Å². The number of aliphatic carboxylic acids is 1. The van der Waals surface area contributed by atoms with Crippen molar-refractivity contribution in [3.05, 3.63) is 53.9 Å². The van der Waals surface area contributed by atoms with E-state index in [2.05, 4.69) is 10.4 Å². The lowest BCUT2D eigenvalue weighted by molar-refractivity contribution is -0.137. The number of carbonyl (C=O) groups excluding carboxylic acids is 1. The smallest absolute Gasteiger partial charge is 0.305 e. The SMILES string of the molecule is Cc1ccccc1C(CC(=O)O)NC(=O)Cn1cccn1. The predicted molar refractivity (Wildman–Crippen MR) is 76.5 cm³/mol. The van der Waals surface area contributed by atoms with Crippen molar-refractivity contribution < 1.29 is 14.7 Å². The maximum absolute atomic E-state index is 12.0. The minimum Gasteiger partial charge on any atom is -0.481 e. The van der Waals surface area contributed by atoms with E-state index in [-0.39, 0.29) is 18.9 Å². The lowest BCUT2D eigenvalue weighted by Crippen LogP contribution is -2.33. The van der Waals surface area contributed by atoms with Crippen LogP contribution in [0.3, 0.4) is 0 Å². The highest BCUT2D eigenvalue weighted by Crippen LogP contribution is 2.20. The topological polar surface area (TPSA) is 84.2 Å². The second kappa shape index (κ2) is 6.69. The summed E-state index contributed by atoms with van der Waals surface area (Å²) in [5, 5.41) is 15.8. The van der Waals surface area contributed by atoms with Crippen molar-refractivity contribution in [2.75, 3.05) is 0 Å². The molecule has 0 aliphatic rings. The lowest BCUT2D eigenvalue weighted by atomic mass is 9.99. The Labute approximate surface area is 122 Å². The molecule has 1 atom stereocenters. The van der Waals surface area contributed by atoms with Crippen LogP contribution < -0.4 is 5.32 Å². The second-order valence-electron chi connectivity index (χ2n) is 4.78. The summed E-state index contributed by atoms with van der Waals surface area (Å²) < 4.78 is 1.49. The van der Waals surface area contributed by atoms with Gasteiger partial charge in [-0.05, 0) is 24.1 Å². The zero-order valence-corrected chi connectivity index (χ0v) is 11.7. The number of nitrogens with zero attached hydrogens (tertiary/aromatic N) is 2. The Bertz CT molecular complexity index is 623. The lowest BCUT2D eigenvalue weighted by Gasteiger charge is -2.19. The van der Waals surface area contributed by atoms with E-state index in [1.54, 1.807) is 18.5 Å². The second-order valence-corrected chi connectivity index (χ2v) is 4.78. The summed E-state index contributed by atoms with van der Waals surface area (Å²) in [4.78, 5) is 23.0. The fourth-order valence-electron chi connectivity index (χ4n) is 2.17. The van der Waals surface area contributed by atoms with Gasteiger partial charge in [0.1, 0.15) is 6.54 Å². The van der Waals surface area contributed by atoms with Crippen molar-refractivity contribution >= 4 is 11.9 Å². The van der Waals surface area contributed by atoms with Gasteiger partial charge in [0.05, 0.1) is 12.5 Å². The molecule has 1 amide bonds. The molecule has 110 valence electrons. The molecule has 1 unspecified atom stereocenters. The third-order valence-corrected chi connectivity index (χ3v) is 3.14. The average molecular weight is 287 g/mol. The quantitative estimate of drug-likeness (QED) is 0.843. The maximum Gasteiger partial charge on any atom is 0.305 e. The monoisotopic (exact) mass is 287 g/mol. The van der Waals surface area contributed by atoms with Crippen molar-refractivity contribution in [3.8, 4) is 0 Å². The molecule has 0 radical (unpaired) electrons. The van der Waals surface area contributed by atoms with Gasteiger partial charge in [0.2, 0.25) is 5.91 Å². The fourth-order valence-corrected chi connectivity index (χ4v) is 2.17. The Morgan fingerprint density at radius 1 is 1.33 bits per heavy atom. The highest BCUT2D eigenvalue weighted by Gasteiger charge is 2.19. The highest BCUT2D eigenvalue weighted by atomic mass is 16.4. The number of aromatic nitrogens is 2. The number of carboxylic acid groups (broad SMARTS) is 1. The van der Waals surface area contributed by atoms with Crippen LogP contribution in [-0.4, -0.2) is 26.8 Å². The molecule has 0 spiro atoms. The number of carboxylic acids is 1. The van der Waals surface area contributed by atoms with Crippen LogP contribution in [0.1, 0.15) is 23.6 Å². The van der Waals surface area contributed by atoms with Gasteiger partial charge in [-0.1, -0.05) is 24.3 Å². The number of aryl methyl sites for hydroxylation is 1. The molecular formula is C15H17N3O3. The number of benzene rings is 1. The van der Waals surface area contributed by atoms with E-state index in [1.165, 1.54) is 4.68 Å². The van der Waals surface area contributed by atoms with Gasteiger partial charge in [0, 0.05) is 12.4 Å². The maximum atomic E-state index is 12.0. The number of carbonyl (C=O) groups is 2. The van der Waals surface area contributed by atoms with E-state index >= 15 is 0 Å². The normalized spacial score (nSPS) is 11.9. The number of amides is 1. The molecule has 0 saturated heterocycles. The third-order valence-electron chi connectivity index (χ3n) is 3.14. The first-order chi connectivity index (χ1) is 10.1. The summed E-state index contributed by atoms with van der Waals surface area (Å²) in [6.07, 6.45) is 3.11. The van der Waals surface area contributed by atoms with Gasteiger partial charge in [0.15, 0.2) is 0 Å². The standard InChI is InChI=1S/C15H17N3O3/c1-11-5-2-3-6-12(11)13(9-15(20)21)17-14(19)10-18-8-4-7-16-18/h2-8,13H,9-10H2,1H3,(H,17,19)(H,20,21). The largest absolute Gasteiger partial charge is 0.481 e. The van der Waals surface area contributed by atoms with E-state index in [9.17, 15) is 9.59 Å². The Kier molecular flexibility index (Phi) is 4.71. The Morgan fingerprint density at radius 2 is 2.10 bits per heavy atom. The minimum atomic E-state index is -0.956. The summed E-state index contributed by atoms with van der Waals surface area (Å²) in [6, 6.07) is 8.61. The summed E-state index contributed by atoms with van der Waals surface area (Å²) in [6.45, 7) is 1.96. The van der Waals surface area contributed by atoms with Gasteiger partial charge in [0.25, 0.3) is 0 Å². The average Bonchev–Trinajstić information content (AvgIpc) is 2.90. The van der Waals surface area contributed by atoms with E-state index in [0.29, 0.717) is 0 Å². The van der Waals surface area contributed by atoms with Gasteiger partial charge in [-0.25, -0.2) is 0 Å². The number of rotatable bonds is 6. The van der Waals surface area contributed by atoms with Gasteiger partial charge < -0.3 is 10.4 Å². The molecular weight excluding hydrogens is 270 g/mol. The van der Waals surface area contributed by atoms with Gasteiger partial charge in [-0.15, -0.1) is 0 Å². The summed E-state index contributed by atoms with van der Waals surface area (Å²) in [5.41, 5.74) is 1.76. The van der Waals surface area contributed by atoms with E-state index in [4.69, 9.17) is 5.11 Å². The molecule has 0 bridgehead atoms. The zero-order chi connectivity index (χ0) is 15.2. The molecule has 0 aliphatic heterocycles. The van der Waals surface area contributed by atoms with Gasteiger partial charge >= 0.3 is 5.97 Å². The number of nitrogens with one attached hydrogen (secondary N) is 1. The van der Waals surface area contributed by atoms with Crippen LogP contribution in [0, 0.1) is 6.92 Å². The molecule has 6 heteroatoms. The zero-order valence-electron chi connectivity index (χ0n) is 11.7. The van der Waals surface area contributed by atoms with Crippen LogP contribution in [0.2, 0.25) is 0 Å². The Balaban J connectivity index is 2.11. The molecule has 1 heterocycles. The summed E-state index contributed by atoms with van der Waals surface area (Å²) >= 11 is 0. The third kappa shape index (κ3) is 4.17. The first-order valence-corrected chi connectivity index (χ1v) is 6.60. The molecule has 1 aromatic heterocycles. The van der Waals surface area contributed by atoms with Crippen LogP contribution >= 0.6 is 0 Å². The first kappa shape index (κ1) is 14.8. The predicted octanol–water partition coefficient (Wildman–Crippen LogP) is 1.52. The molecule has 2 rings (SSSR count). The first-order valence-electron chi connectivity index (χ1n) is 6.60. The molecule has 1 aromatic carbocycles. The molecule has 2 aromatic rings. The van der Waals surface area contributed by atoms with Crippen molar-refractivity contribution in [2.24, 2.45) is 0 Å². The van der Waals surface area contributed by atoms with E-state index in [1.807, 2.05) is 31.2 Å². The molecule has 21 heavy (non-hydrogen) atoms. The molecule has 0 fully saturated rings. The summed E-state index contributed by atoms with van der Waals surface area (Å²) in [5.74, 6) is -1.23. The van der Waals surface area contributed by atoms with Crippen LogP contribution in [0.4, 0.5) is 0 Å². The van der Waals surface area contributed by atoms with Crippen molar-refractivity contribution in [3.63, 3.8) is 0 Å².